The van der Waals surface area contributed by atoms with E-state index in [1.54, 1.807) is 30.0 Å². The standard InChI is InChI=1S/C17H13N5O2/c1-11-17(23)22(14-7-3-2-6-13(14)19-11)10-15-20-21-16(24-15)12-5-4-8-18-9-12/h2-9H,10H2,1H3. The van der Waals surface area contributed by atoms with Gasteiger partial charge in [0.05, 0.1) is 16.6 Å². The van der Waals surface area contributed by atoms with E-state index in [1.165, 1.54) is 0 Å². The monoisotopic (exact) mass is 319 g/mol. The summed E-state index contributed by atoms with van der Waals surface area (Å²) in [6, 6.07) is 11.1. The Bertz CT molecular complexity index is 1070. The molecule has 0 atom stereocenters. The van der Waals surface area contributed by atoms with Crippen LogP contribution in [0.5, 0.6) is 0 Å². The van der Waals surface area contributed by atoms with Gasteiger partial charge in [-0.2, -0.15) is 0 Å². The van der Waals surface area contributed by atoms with Gasteiger partial charge in [-0.1, -0.05) is 12.1 Å². The predicted octanol–water partition coefficient (Wildman–Crippen LogP) is 2.20. The minimum Gasteiger partial charge on any atom is -0.419 e. The first-order chi connectivity index (χ1) is 11.7. The highest BCUT2D eigenvalue weighted by Gasteiger charge is 2.13. The zero-order valence-electron chi connectivity index (χ0n) is 12.9. The summed E-state index contributed by atoms with van der Waals surface area (Å²) >= 11 is 0. The molecule has 0 saturated heterocycles. The Morgan fingerprint density at radius 3 is 2.83 bits per heavy atom. The van der Waals surface area contributed by atoms with E-state index in [0.717, 1.165) is 16.6 Å². The highest BCUT2D eigenvalue weighted by molar-refractivity contribution is 5.74. The fourth-order valence-electron chi connectivity index (χ4n) is 2.54. The number of rotatable bonds is 3. The first kappa shape index (κ1) is 14.3. The molecule has 4 aromatic rings. The maximum absolute atomic E-state index is 12.5. The number of hydrogen-bond donors (Lipinski definition) is 0. The Balaban J connectivity index is 1.77. The average Bonchev–Trinajstić information content (AvgIpc) is 3.08. The molecule has 1 aromatic carbocycles. The molecule has 3 aromatic heterocycles. The van der Waals surface area contributed by atoms with Gasteiger partial charge in [0.15, 0.2) is 0 Å². The lowest BCUT2D eigenvalue weighted by Gasteiger charge is -2.08. The van der Waals surface area contributed by atoms with Gasteiger partial charge in [0.1, 0.15) is 12.2 Å². The highest BCUT2D eigenvalue weighted by Crippen LogP contribution is 2.17. The van der Waals surface area contributed by atoms with Crippen LogP contribution in [0.15, 0.2) is 58.0 Å². The van der Waals surface area contributed by atoms with Gasteiger partial charge in [-0.15, -0.1) is 10.2 Å². The Hall–Kier alpha value is -3.35. The van der Waals surface area contributed by atoms with Gasteiger partial charge in [-0.3, -0.25) is 14.3 Å². The van der Waals surface area contributed by atoms with Gasteiger partial charge in [0.2, 0.25) is 11.8 Å². The van der Waals surface area contributed by atoms with Crippen molar-refractivity contribution in [2.45, 2.75) is 13.5 Å². The fourth-order valence-corrected chi connectivity index (χ4v) is 2.54. The van der Waals surface area contributed by atoms with E-state index < -0.39 is 0 Å². The van der Waals surface area contributed by atoms with E-state index >= 15 is 0 Å². The van der Waals surface area contributed by atoms with Crippen LogP contribution in [-0.2, 0) is 6.54 Å². The van der Waals surface area contributed by atoms with Crippen molar-refractivity contribution in [2.24, 2.45) is 0 Å². The summed E-state index contributed by atoms with van der Waals surface area (Å²) in [5.41, 5.74) is 2.48. The normalized spacial score (nSPS) is 11.0. The second-order valence-corrected chi connectivity index (χ2v) is 5.32. The van der Waals surface area contributed by atoms with E-state index in [9.17, 15) is 4.79 Å². The van der Waals surface area contributed by atoms with Crippen molar-refractivity contribution < 1.29 is 4.42 Å². The Kier molecular flexibility index (Phi) is 3.38. The second kappa shape index (κ2) is 5.69. The summed E-state index contributed by atoms with van der Waals surface area (Å²) < 4.78 is 7.27. The smallest absolute Gasteiger partial charge is 0.272 e. The zero-order chi connectivity index (χ0) is 16.5. The Morgan fingerprint density at radius 2 is 2.00 bits per heavy atom. The molecule has 0 radical (unpaired) electrons. The molecule has 0 bridgehead atoms. The van der Waals surface area contributed by atoms with Crippen molar-refractivity contribution in [3.63, 3.8) is 0 Å². The number of para-hydroxylation sites is 2. The molecule has 0 unspecified atom stereocenters. The lowest BCUT2D eigenvalue weighted by Crippen LogP contribution is -2.24. The zero-order valence-corrected chi connectivity index (χ0v) is 12.9. The number of benzene rings is 1. The molecule has 24 heavy (non-hydrogen) atoms. The number of nitrogens with zero attached hydrogens (tertiary/aromatic N) is 5. The predicted molar refractivity (Wildman–Crippen MR) is 87.4 cm³/mol. The quantitative estimate of drug-likeness (QED) is 0.575. The van der Waals surface area contributed by atoms with Gasteiger partial charge in [0, 0.05) is 12.4 Å². The third kappa shape index (κ3) is 2.45. The summed E-state index contributed by atoms with van der Waals surface area (Å²) in [5.74, 6) is 0.730. The summed E-state index contributed by atoms with van der Waals surface area (Å²) in [7, 11) is 0. The molecule has 0 N–H and O–H groups in total. The summed E-state index contributed by atoms with van der Waals surface area (Å²) in [6.07, 6.45) is 3.32. The summed E-state index contributed by atoms with van der Waals surface area (Å²) in [4.78, 5) is 20.8. The van der Waals surface area contributed by atoms with Crippen molar-refractivity contribution >= 4 is 11.0 Å². The van der Waals surface area contributed by atoms with Crippen molar-refractivity contribution in [1.29, 1.82) is 0 Å². The van der Waals surface area contributed by atoms with Gasteiger partial charge in [0.25, 0.3) is 5.56 Å². The minimum atomic E-state index is -0.171. The number of aromatic nitrogens is 5. The average molecular weight is 319 g/mol. The van der Waals surface area contributed by atoms with Gasteiger partial charge in [-0.25, -0.2) is 4.98 Å². The van der Waals surface area contributed by atoms with Crippen LogP contribution in [0.1, 0.15) is 11.6 Å². The van der Waals surface area contributed by atoms with Gasteiger partial charge < -0.3 is 4.42 Å². The van der Waals surface area contributed by atoms with Crippen LogP contribution in [0.4, 0.5) is 0 Å². The van der Waals surface area contributed by atoms with E-state index in [4.69, 9.17) is 4.42 Å². The summed E-state index contributed by atoms with van der Waals surface area (Å²) in [5, 5.41) is 8.07. The molecular weight excluding hydrogens is 306 g/mol. The molecule has 0 aliphatic carbocycles. The molecule has 0 amide bonds. The first-order valence-electron chi connectivity index (χ1n) is 7.41. The lowest BCUT2D eigenvalue weighted by molar-refractivity contribution is 0.487. The van der Waals surface area contributed by atoms with E-state index in [2.05, 4.69) is 20.2 Å². The molecule has 0 aliphatic heterocycles. The largest absolute Gasteiger partial charge is 0.419 e. The third-order valence-corrected chi connectivity index (χ3v) is 3.68. The SMILES string of the molecule is Cc1nc2ccccc2n(Cc2nnc(-c3cccnc3)o2)c1=O. The lowest BCUT2D eigenvalue weighted by atomic mass is 10.3. The molecule has 0 aliphatic rings. The highest BCUT2D eigenvalue weighted by atomic mass is 16.4. The maximum atomic E-state index is 12.5. The maximum Gasteiger partial charge on any atom is 0.272 e. The second-order valence-electron chi connectivity index (χ2n) is 5.32. The first-order valence-corrected chi connectivity index (χ1v) is 7.41. The van der Waals surface area contributed by atoms with E-state index in [0.29, 0.717) is 17.5 Å². The molecule has 7 heteroatoms. The molecule has 4 rings (SSSR count). The molecular formula is C17H13N5O2. The molecule has 3 heterocycles. The molecule has 118 valence electrons. The Labute approximate surface area is 136 Å². The number of aryl methyl sites for hydroxylation is 1. The van der Waals surface area contributed by atoms with Crippen molar-refractivity contribution in [2.75, 3.05) is 0 Å². The van der Waals surface area contributed by atoms with Crippen molar-refractivity contribution in [3.8, 4) is 11.5 Å². The van der Waals surface area contributed by atoms with Crippen molar-refractivity contribution in [1.82, 2.24) is 24.7 Å². The van der Waals surface area contributed by atoms with Crippen molar-refractivity contribution in [3.05, 3.63) is 70.7 Å². The molecule has 0 saturated carbocycles. The van der Waals surface area contributed by atoms with Crippen LogP contribution in [0, 0.1) is 6.92 Å². The third-order valence-electron chi connectivity index (χ3n) is 3.68. The van der Waals surface area contributed by atoms with Crippen LogP contribution in [0.25, 0.3) is 22.5 Å². The Morgan fingerprint density at radius 1 is 1.12 bits per heavy atom. The van der Waals surface area contributed by atoms with Crippen LogP contribution in [0.2, 0.25) is 0 Å². The van der Waals surface area contributed by atoms with Gasteiger partial charge >= 0.3 is 0 Å². The fraction of sp³-hybridized carbons (Fsp3) is 0.118. The van der Waals surface area contributed by atoms with E-state index in [-0.39, 0.29) is 12.1 Å². The molecule has 0 spiro atoms. The number of hydrogen-bond acceptors (Lipinski definition) is 6. The van der Waals surface area contributed by atoms with Crippen LogP contribution >= 0.6 is 0 Å². The van der Waals surface area contributed by atoms with Crippen LogP contribution in [-0.4, -0.2) is 24.7 Å². The molecule has 7 nitrogen and oxygen atoms in total. The number of fused-ring (bicyclic) bond motifs is 1. The summed E-state index contributed by atoms with van der Waals surface area (Å²) in [6.45, 7) is 1.89. The molecule has 0 fully saturated rings. The number of pyridine rings is 1. The van der Waals surface area contributed by atoms with Gasteiger partial charge in [-0.05, 0) is 31.2 Å². The minimum absolute atomic E-state index is 0.171. The van der Waals surface area contributed by atoms with Crippen LogP contribution < -0.4 is 5.56 Å². The van der Waals surface area contributed by atoms with E-state index in [1.807, 2.05) is 30.3 Å². The van der Waals surface area contributed by atoms with Crippen LogP contribution in [0.3, 0.4) is 0 Å². The topological polar surface area (TPSA) is 86.7 Å².